The van der Waals surface area contributed by atoms with Gasteiger partial charge in [0.25, 0.3) is 0 Å². The molecule has 1 N–H and O–H groups in total. The molecule has 3 rings (SSSR count). The van der Waals surface area contributed by atoms with E-state index in [-0.39, 0.29) is 0 Å². The summed E-state index contributed by atoms with van der Waals surface area (Å²) in [6.45, 7) is 1.02. The van der Waals surface area contributed by atoms with E-state index in [4.69, 9.17) is 11.6 Å². The van der Waals surface area contributed by atoms with Gasteiger partial charge in [-0.1, -0.05) is 30.9 Å². The Kier molecular flexibility index (Phi) is 2.95. The number of hydrogen-bond acceptors (Lipinski definition) is 3. The largest absolute Gasteiger partial charge is 0.354 e. The van der Waals surface area contributed by atoms with E-state index >= 15 is 0 Å². The maximum atomic E-state index is 5.75. The fraction of sp³-hybridized carbons (Fsp3) is 0.692. The maximum absolute atomic E-state index is 5.75. The van der Waals surface area contributed by atoms with Gasteiger partial charge in [-0.3, -0.25) is 0 Å². The molecule has 0 aromatic carbocycles. The van der Waals surface area contributed by atoms with E-state index in [1.165, 1.54) is 38.5 Å². The van der Waals surface area contributed by atoms with Gasteiger partial charge in [0, 0.05) is 6.54 Å². The van der Waals surface area contributed by atoms with Crippen LogP contribution in [0.25, 0.3) is 0 Å². The Bertz CT molecular complexity index is 384. The smallest absolute Gasteiger partial charge is 0.222 e. The van der Waals surface area contributed by atoms with Crippen molar-refractivity contribution in [3.05, 3.63) is 17.4 Å². The Morgan fingerprint density at radius 1 is 1.24 bits per heavy atom. The molecule has 2 aliphatic carbocycles. The van der Waals surface area contributed by atoms with E-state index in [0.717, 1.165) is 12.5 Å². The lowest BCUT2D eigenvalue weighted by molar-refractivity contribution is 0.311. The highest BCUT2D eigenvalue weighted by molar-refractivity contribution is 6.30. The van der Waals surface area contributed by atoms with Crippen LogP contribution in [0, 0.1) is 11.3 Å². The quantitative estimate of drug-likeness (QED) is 0.893. The van der Waals surface area contributed by atoms with E-state index in [0.29, 0.717) is 16.4 Å². The third-order valence-corrected chi connectivity index (χ3v) is 4.53. The first-order valence-corrected chi connectivity index (χ1v) is 6.88. The van der Waals surface area contributed by atoms with Crippen LogP contribution in [-0.2, 0) is 0 Å². The molecule has 0 amide bonds. The predicted molar refractivity (Wildman–Crippen MR) is 69.2 cm³/mol. The molecule has 2 aliphatic rings. The molecule has 2 fully saturated rings. The second-order valence-corrected chi connectivity index (χ2v) is 5.87. The van der Waals surface area contributed by atoms with E-state index in [1.807, 2.05) is 0 Å². The zero-order valence-electron chi connectivity index (χ0n) is 9.95. The predicted octanol–water partition coefficient (Wildman–Crippen LogP) is 3.51. The van der Waals surface area contributed by atoms with Crippen molar-refractivity contribution in [3.8, 4) is 0 Å². The van der Waals surface area contributed by atoms with Crippen LogP contribution < -0.4 is 5.32 Å². The summed E-state index contributed by atoms with van der Waals surface area (Å²) < 4.78 is 0. The molecule has 0 radical (unpaired) electrons. The van der Waals surface area contributed by atoms with Crippen molar-refractivity contribution < 1.29 is 0 Å². The standard InChI is InChI=1S/C13H18ClN3/c14-11-8-16-12(17-9-11)15-7-10-6-13(10)4-2-1-3-5-13/h8-10H,1-7H2,(H,15,16,17). The van der Waals surface area contributed by atoms with Crippen LogP contribution in [0.5, 0.6) is 0 Å². The number of aromatic nitrogens is 2. The van der Waals surface area contributed by atoms with Gasteiger partial charge in [-0.2, -0.15) is 0 Å². The van der Waals surface area contributed by atoms with Gasteiger partial charge in [-0.05, 0) is 30.6 Å². The molecule has 0 aliphatic heterocycles. The van der Waals surface area contributed by atoms with E-state index in [2.05, 4.69) is 15.3 Å². The molecule has 1 heterocycles. The molecular formula is C13H18ClN3. The Labute approximate surface area is 107 Å². The van der Waals surface area contributed by atoms with Crippen LogP contribution in [0.15, 0.2) is 12.4 Å². The molecule has 1 unspecified atom stereocenters. The highest BCUT2D eigenvalue weighted by atomic mass is 35.5. The molecular weight excluding hydrogens is 234 g/mol. The zero-order chi connectivity index (χ0) is 11.7. The van der Waals surface area contributed by atoms with Gasteiger partial charge in [-0.15, -0.1) is 0 Å². The molecule has 1 spiro atoms. The van der Waals surface area contributed by atoms with E-state index in [9.17, 15) is 0 Å². The fourth-order valence-electron chi connectivity index (χ4n) is 3.21. The molecule has 17 heavy (non-hydrogen) atoms. The molecule has 4 heteroatoms. The molecule has 3 nitrogen and oxygen atoms in total. The zero-order valence-corrected chi connectivity index (χ0v) is 10.7. The minimum Gasteiger partial charge on any atom is -0.354 e. The number of nitrogens with one attached hydrogen (secondary N) is 1. The summed E-state index contributed by atoms with van der Waals surface area (Å²) >= 11 is 5.75. The SMILES string of the molecule is Clc1cnc(NCC2CC23CCCCC3)nc1. The molecule has 1 atom stereocenters. The van der Waals surface area contributed by atoms with Crippen molar-refractivity contribution in [1.29, 1.82) is 0 Å². The summed E-state index contributed by atoms with van der Waals surface area (Å²) in [6, 6.07) is 0. The highest BCUT2D eigenvalue weighted by Gasteiger charge is 2.53. The van der Waals surface area contributed by atoms with Crippen LogP contribution >= 0.6 is 11.6 Å². The Morgan fingerprint density at radius 3 is 2.65 bits per heavy atom. The molecule has 0 bridgehead atoms. The van der Waals surface area contributed by atoms with Gasteiger partial charge in [-0.25, -0.2) is 9.97 Å². The third-order valence-electron chi connectivity index (χ3n) is 4.34. The Balaban J connectivity index is 1.51. The summed E-state index contributed by atoms with van der Waals surface area (Å²) in [4.78, 5) is 8.31. The first kappa shape index (κ1) is 11.3. The number of nitrogens with zero attached hydrogens (tertiary/aromatic N) is 2. The monoisotopic (exact) mass is 251 g/mol. The lowest BCUT2D eigenvalue weighted by atomic mass is 9.84. The second kappa shape index (κ2) is 4.45. The van der Waals surface area contributed by atoms with Gasteiger partial charge in [0.2, 0.25) is 5.95 Å². The summed E-state index contributed by atoms with van der Waals surface area (Å²) in [6.07, 6.45) is 11.8. The normalized spacial score (nSPS) is 25.8. The minimum atomic E-state index is 0.589. The van der Waals surface area contributed by atoms with Gasteiger partial charge in [0.05, 0.1) is 17.4 Å². The Hall–Kier alpha value is -0.830. The van der Waals surface area contributed by atoms with Crippen molar-refractivity contribution in [1.82, 2.24) is 9.97 Å². The molecule has 0 saturated heterocycles. The average Bonchev–Trinajstić information content (AvgIpc) is 3.02. The van der Waals surface area contributed by atoms with Gasteiger partial charge in [0.15, 0.2) is 0 Å². The summed E-state index contributed by atoms with van der Waals surface area (Å²) in [5.74, 6) is 1.54. The summed E-state index contributed by atoms with van der Waals surface area (Å²) in [5.41, 5.74) is 0.678. The molecule has 1 aromatic heterocycles. The van der Waals surface area contributed by atoms with Crippen molar-refractivity contribution in [3.63, 3.8) is 0 Å². The number of rotatable bonds is 3. The summed E-state index contributed by atoms with van der Waals surface area (Å²) in [5, 5.41) is 3.91. The second-order valence-electron chi connectivity index (χ2n) is 5.43. The van der Waals surface area contributed by atoms with Crippen LogP contribution in [0.3, 0.4) is 0 Å². The minimum absolute atomic E-state index is 0.589. The van der Waals surface area contributed by atoms with Crippen LogP contribution in [0.2, 0.25) is 5.02 Å². The van der Waals surface area contributed by atoms with Gasteiger partial charge < -0.3 is 5.32 Å². The van der Waals surface area contributed by atoms with Gasteiger partial charge in [0.1, 0.15) is 0 Å². The van der Waals surface area contributed by atoms with Crippen LogP contribution in [0.4, 0.5) is 5.95 Å². The number of halogens is 1. The lowest BCUT2D eigenvalue weighted by Gasteiger charge is -2.22. The van der Waals surface area contributed by atoms with Crippen LogP contribution in [0.1, 0.15) is 38.5 Å². The highest BCUT2D eigenvalue weighted by Crippen LogP contribution is 2.61. The van der Waals surface area contributed by atoms with Gasteiger partial charge >= 0.3 is 0 Å². The molecule has 92 valence electrons. The van der Waals surface area contributed by atoms with Crippen molar-refractivity contribution >= 4 is 17.5 Å². The van der Waals surface area contributed by atoms with E-state index in [1.54, 1.807) is 12.4 Å². The van der Waals surface area contributed by atoms with Crippen LogP contribution in [-0.4, -0.2) is 16.5 Å². The summed E-state index contributed by atoms with van der Waals surface area (Å²) in [7, 11) is 0. The molecule has 2 saturated carbocycles. The topological polar surface area (TPSA) is 37.8 Å². The molecule has 1 aromatic rings. The third kappa shape index (κ3) is 2.39. The first-order valence-electron chi connectivity index (χ1n) is 6.50. The van der Waals surface area contributed by atoms with E-state index < -0.39 is 0 Å². The Morgan fingerprint density at radius 2 is 1.94 bits per heavy atom. The number of hydrogen-bond donors (Lipinski definition) is 1. The van der Waals surface area contributed by atoms with Crippen molar-refractivity contribution in [2.75, 3.05) is 11.9 Å². The average molecular weight is 252 g/mol. The van der Waals surface area contributed by atoms with Crippen molar-refractivity contribution in [2.45, 2.75) is 38.5 Å². The lowest BCUT2D eigenvalue weighted by Crippen LogP contribution is -2.15. The number of anilines is 1. The fourth-order valence-corrected chi connectivity index (χ4v) is 3.30. The van der Waals surface area contributed by atoms with Crippen molar-refractivity contribution in [2.24, 2.45) is 11.3 Å². The maximum Gasteiger partial charge on any atom is 0.222 e. The first-order chi connectivity index (χ1) is 8.28.